The molecule has 0 unspecified atom stereocenters. The molecule has 1 aromatic rings. The molecule has 5 nitrogen and oxygen atoms in total. The standard InChI is InChI=1S/C17H26O2S.CHF3O3S/c1-3-5-7-13-20(14-8-6-4-2)16-11-9-15(10-12-16)17(18)19;2-1(3,4)8(5,6)7/h9-12H,3-8,13-14H2,1-2H3;(H,5,6,7). The summed E-state index contributed by atoms with van der Waals surface area (Å²) >= 11 is 0. The maximum atomic E-state index is 10.9. The minimum absolute atomic E-state index is 0.295. The second kappa shape index (κ2) is 13.1. The van der Waals surface area contributed by atoms with Crippen LogP contribution >= 0.6 is 0 Å². The van der Waals surface area contributed by atoms with Gasteiger partial charge in [0, 0.05) is 10.9 Å². The highest BCUT2D eigenvalue weighted by Gasteiger charge is 2.36. The molecule has 1 rings (SSSR count). The Morgan fingerprint density at radius 3 is 1.68 bits per heavy atom. The van der Waals surface area contributed by atoms with E-state index in [-0.39, 0.29) is 0 Å². The zero-order valence-electron chi connectivity index (χ0n) is 16.0. The van der Waals surface area contributed by atoms with Gasteiger partial charge in [-0.25, -0.2) is 13.2 Å². The fourth-order valence-corrected chi connectivity index (χ4v) is 4.48. The lowest BCUT2D eigenvalue weighted by Crippen LogP contribution is -2.21. The van der Waals surface area contributed by atoms with Crippen molar-refractivity contribution in [1.82, 2.24) is 0 Å². The van der Waals surface area contributed by atoms with Crippen molar-refractivity contribution in [1.29, 1.82) is 0 Å². The summed E-state index contributed by atoms with van der Waals surface area (Å²) in [4.78, 5) is 12.2. The first-order chi connectivity index (χ1) is 12.9. The molecule has 0 atom stereocenters. The van der Waals surface area contributed by atoms with Gasteiger partial charge in [-0.15, -0.1) is 0 Å². The molecule has 0 aliphatic carbocycles. The molecule has 0 spiro atoms. The number of carbonyl (C=O) groups is 1. The van der Waals surface area contributed by atoms with Gasteiger partial charge in [-0.05, 0) is 49.9 Å². The van der Waals surface area contributed by atoms with Crippen LogP contribution in [-0.2, 0) is 21.0 Å². The van der Waals surface area contributed by atoms with Gasteiger partial charge >= 0.3 is 11.5 Å². The lowest BCUT2D eigenvalue weighted by atomic mass is 10.2. The van der Waals surface area contributed by atoms with Crippen LogP contribution in [-0.4, -0.2) is 41.1 Å². The van der Waals surface area contributed by atoms with Gasteiger partial charge in [-0.3, -0.25) is 0 Å². The number of rotatable bonds is 10. The summed E-state index contributed by atoms with van der Waals surface area (Å²) in [6, 6.07) is 7.53. The van der Waals surface area contributed by atoms with Crippen molar-refractivity contribution < 1.29 is 36.0 Å². The van der Waals surface area contributed by atoms with Crippen molar-refractivity contribution in [3.05, 3.63) is 29.8 Å². The highest BCUT2D eigenvalue weighted by molar-refractivity contribution is 7.96. The largest absolute Gasteiger partial charge is 0.741 e. The Balaban J connectivity index is 0.000000769. The van der Waals surface area contributed by atoms with Crippen LogP contribution in [0.3, 0.4) is 0 Å². The fraction of sp³-hybridized carbons (Fsp3) is 0.611. The predicted octanol–water partition coefficient (Wildman–Crippen LogP) is 4.79. The van der Waals surface area contributed by atoms with E-state index >= 15 is 0 Å². The molecule has 0 aliphatic heterocycles. The maximum absolute atomic E-state index is 10.9. The van der Waals surface area contributed by atoms with Crippen LogP contribution in [0.2, 0.25) is 0 Å². The Morgan fingerprint density at radius 1 is 1.00 bits per heavy atom. The van der Waals surface area contributed by atoms with Crippen LogP contribution in [0.25, 0.3) is 0 Å². The van der Waals surface area contributed by atoms with Crippen molar-refractivity contribution in [2.24, 2.45) is 0 Å². The molecule has 1 N–H and O–H groups in total. The molecular formula is C18H27F3O5S2. The van der Waals surface area contributed by atoms with Gasteiger partial charge in [0.05, 0.1) is 5.56 Å². The molecule has 0 saturated carbocycles. The van der Waals surface area contributed by atoms with Crippen molar-refractivity contribution in [2.45, 2.75) is 62.8 Å². The van der Waals surface area contributed by atoms with Crippen LogP contribution in [0.1, 0.15) is 62.7 Å². The van der Waals surface area contributed by atoms with Crippen LogP contribution in [0.15, 0.2) is 29.2 Å². The highest BCUT2D eigenvalue weighted by Crippen LogP contribution is 2.20. The van der Waals surface area contributed by atoms with Crippen LogP contribution < -0.4 is 0 Å². The van der Waals surface area contributed by atoms with Crippen LogP contribution in [0.4, 0.5) is 13.2 Å². The Kier molecular flexibility index (Phi) is 12.5. The van der Waals surface area contributed by atoms with Crippen molar-refractivity contribution in [3.8, 4) is 0 Å². The minimum atomic E-state index is -6.09. The van der Waals surface area contributed by atoms with Crippen molar-refractivity contribution in [2.75, 3.05) is 11.5 Å². The molecular weight excluding hydrogens is 417 g/mol. The smallest absolute Gasteiger partial charge is 0.485 e. The van der Waals surface area contributed by atoms with E-state index in [4.69, 9.17) is 18.1 Å². The number of unbranched alkanes of at least 4 members (excludes halogenated alkanes) is 4. The Bertz CT molecular complexity index is 663. The monoisotopic (exact) mass is 444 g/mol. The number of hydrogen-bond donors (Lipinski definition) is 1. The molecule has 28 heavy (non-hydrogen) atoms. The van der Waals surface area contributed by atoms with E-state index in [9.17, 15) is 18.0 Å². The number of benzene rings is 1. The molecule has 0 amide bonds. The van der Waals surface area contributed by atoms with E-state index in [1.54, 1.807) is 12.1 Å². The van der Waals surface area contributed by atoms with E-state index in [1.807, 2.05) is 12.1 Å². The quantitative estimate of drug-likeness (QED) is 0.242. The second-order valence-corrected chi connectivity index (χ2v) is 9.69. The molecule has 0 bridgehead atoms. The van der Waals surface area contributed by atoms with Crippen molar-refractivity contribution in [3.63, 3.8) is 0 Å². The summed E-state index contributed by atoms with van der Waals surface area (Å²) in [6.45, 7) is 4.47. The third kappa shape index (κ3) is 10.9. The fourth-order valence-electron chi connectivity index (χ4n) is 2.18. The molecule has 0 saturated heterocycles. The van der Waals surface area contributed by atoms with Gasteiger partial charge in [0.25, 0.3) is 0 Å². The van der Waals surface area contributed by atoms with E-state index in [2.05, 4.69) is 13.8 Å². The molecule has 0 radical (unpaired) electrons. The van der Waals surface area contributed by atoms with E-state index in [1.165, 1.54) is 54.9 Å². The third-order valence-corrected chi connectivity index (χ3v) is 6.78. The zero-order valence-corrected chi connectivity index (χ0v) is 17.6. The number of hydrogen-bond acceptors (Lipinski definition) is 4. The summed E-state index contributed by atoms with van der Waals surface area (Å²) in [5.74, 6) is 1.67. The average molecular weight is 445 g/mol. The summed E-state index contributed by atoms with van der Waals surface area (Å²) in [7, 11) is -5.80. The normalized spacial score (nSPS) is 11.8. The number of alkyl halides is 3. The molecule has 0 aromatic heterocycles. The number of carboxylic acids is 1. The SMILES string of the molecule is CCCCC[S+](CCCCC)c1ccc(C(=O)O)cc1.O=S(=O)([O-])C(F)(F)F. The molecule has 10 heteroatoms. The second-order valence-electron chi connectivity index (χ2n) is 6.04. The molecule has 0 aliphatic rings. The average Bonchev–Trinajstić information content (AvgIpc) is 2.59. The minimum Gasteiger partial charge on any atom is -0.741 e. The molecule has 0 fully saturated rings. The first-order valence-electron chi connectivity index (χ1n) is 8.97. The highest BCUT2D eigenvalue weighted by atomic mass is 32.2. The van der Waals surface area contributed by atoms with E-state index in [0.717, 1.165) is 0 Å². The van der Waals surface area contributed by atoms with Gasteiger partial charge in [0.2, 0.25) is 0 Å². The molecule has 0 heterocycles. The summed E-state index contributed by atoms with van der Waals surface area (Å²) in [5, 5.41) is 8.96. The van der Waals surface area contributed by atoms with E-state index < -0.39 is 21.6 Å². The Morgan fingerprint density at radius 2 is 1.39 bits per heavy atom. The lowest BCUT2D eigenvalue weighted by Gasteiger charge is -2.08. The summed E-state index contributed by atoms with van der Waals surface area (Å²) < 4.78 is 58.9. The van der Waals surface area contributed by atoms with Gasteiger partial charge in [-0.2, -0.15) is 13.2 Å². The molecule has 162 valence electrons. The number of halogens is 3. The van der Waals surface area contributed by atoms with Crippen molar-refractivity contribution >= 4 is 27.0 Å². The van der Waals surface area contributed by atoms with Gasteiger partial charge < -0.3 is 9.66 Å². The van der Waals surface area contributed by atoms with Gasteiger partial charge in [0.1, 0.15) is 11.5 Å². The summed E-state index contributed by atoms with van der Waals surface area (Å²) in [5.41, 5.74) is -5.26. The van der Waals surface area contributed by atoms with Gasteiger partial charge in [0.15, 0.2) is 15.0 Å². The zero-order chi connectivity index (χ0) is 21.8. The molecule has 1 aromatic carbocycles. The maximum Gasteiger partial charge on any atom is 0.485 e. The topological polar surface area (TPSA) is 94.5 Å². The Labute approximate surface area is 167 Å². The van der Waals surface area contributed by atoms with Crippen LogP contribution in [0, 0.1) is 0 Å². The Hall–Kier alpha value is -1.26. The van der Waals surface area contributed by atoms with Crippen LogP contribution in [0.5, 0.6) is 0 Å². The number of aromatic carboxylic acids is 1. The lowest BCUT2D eigenvalue weighted by molar-refractivity contribution is -0.0517. The first-order valence-corrected chi connectivity index (χ1v) is 11.9. The van der Waals surface area contributed by atoms with E-state index in [0.29, 0.717) is 16.5 Å². The number of carboxylic acid groups (broad SMARTS) is 1. The predicted molar refractivity (Wildman–Crippen MR) is 104 cm³/mol. The summed E-state index contributed by atoms with van der Waals surface area (Å²) in [6.07, 6.45) is 7.67. The third-order valence-electron chi connectivity index (χ3n) is 3.71. The first kappa shape index (κ1) is 26.7. The van der Waals surface area contributed by atoms with Gasteiger partial charge in [-0.1, -0.05) is 26.7 Å².